The summed E-state index contributed by atoms with van der Waals surface area (Å²) in [6, 6.07) is 13.3. The first-order valence-corrected chi connectivity index (χ1v) is 9.20. The molecule has 0 atom stereocenters. The van der Waals surface area contributed by atoms with E-state index in [0.717, 1.165) is 25.8 Å². The van der Waals surface area contributed by atoms with Crippen molar-refractivity contribution in [2.24, 2.45) is 0 Å². The number of hydrogen-bond acceptors (Lipinski definition) is 5. The van der Waals surface area contributed by atoms with E-state index in [1.165, 1.54) is 11.3 Å². The van der Waals surface area contributed by atoms with Gasteiger partial charge in [0.1, 0.15) is 10.0 Å². The predicted octanol–water partition coefficient (Wildman–Crippen LogP) is 5.63. The summed E-state index contributed by atoms with van der Waals surface area (Å²) in [4.78, 5) is 16.9. The maximum atomic E-state index is 12.2. The minimum atomic E-state index is -0.277. The van der Waals surface area contributed by atoms with E-state index in [-0.39, 0.29) is 11.7 Å². The fourth-order valence-corrected chi connectivity index (χ4v) is 4.31. The number of anilines is 1. The fourth-order valence-electron chi connectivity index (χ4n) is 2.16. The number of halogens is 1. The number of nitrogens with zero attached hydrogens (tertiary/aromatic N) is 1. The molecule has 0 spiro atoms. The van der Waals surface area contributed by atoms with Crippen LogP contribution in [0.4, 0.5) is 5.00 Å². The van der Waals surface area contributed by atoms with E-state index in [1.807, 2.05) is 35.7 Å². The van der Waals surface area contributed by atoms with Gasteiger partial charge in [0.05, 0.1) is 10.2 Å². The molecule has 0 radical (unpaired) electrons. The molecule has 0 aliphatic carbocycles. The lowest BCUT2D eigenvalue weighted by Gasteiger charge is -2.02. The van der Waals surface area contributed by atoms with Crippen molar-refractivity contribution in [1.82, 2.24) is 4.98 Å². The van der Waals surface area contributed by atoms with E-state index in [2.05, 4.69) is 26.2 Å². The van der Waals surface area contributed by atoms with Crippen LogP contribution in [0, 0.1) is 0 Å². The standard InChI is InChI=1S/C16H9BrN2O2S2/c17-13-6-5-11(21-13)14(20)19-15-9(7-8-22-15)16-18-10-3-1-2-4-12(10)23-16/h1-8H,(H,19,20). The van der Waals surface area contributed by atoms with Crippen LogP contribution in [0.3, 0.4) is 0 Å². The largest absolute Gasteiger partial charge is 0.444 e. The van der Waals surface area contributed by atoms with E-state index >= 15 is 0 Å². The van der Waals surface area contributed by atoms with Crippen molar-refractivity contribution in [3.8, 4) is 10.6 Å². The van der Waals surface area contributed by atoms with Crippen LogP contribution in [0.25, 0.3) is 20.8 Å². The van der Waals surface area contributed by atoms with Crippen LogP contribution in [0.5, 0.6) is 0 Å². The number of amides is 1. The average Bonchev–Trinajstić information content (AvgIpc) is 3.25. The molecule has 0 aliphatic rings. The third-order valence-corrected chi connectivity index (χ3v) is 5.54. The van der Waals surface area contributed by atoms with E-state index in [4.69, 9.17) is 4.42 Å². The number of rotatable bonds is 3. The van der Waals surface area contributed by atoms with Gasteiger partial charge in [-0.05, 0) is 51.6 Å². The molecule has 4 nitrogen and oxygen atoms in total. The Bertz CT molecular complexity index is 969. The molecule has 23 heavy (non-hydrogen) atoms. The summed E-state index contributed by atoms with van der Waals surface area (Å²) in [6.45, 7) is 0. The molecule has 7 heteroatoms. The molecule has 3 heterocycles. The Hall–Kier alpha value is -1.96. The first kappa shape index (κ1) is 14.6. The zero-order valence-corrected chi connectivity index (χ0v) is 14.8. The van der Waals surface area contributed by atoms with Gasteiger partial charge in [-0.3, -0.25) is 4.79 Å². The summed E-state index contributed by atoms with van der Waals surface area (Å²) in [7, 11) is 0. The number of thiazole rings is 1. The zero-order valence-electron chi connectivity index (χ0n) is 11.6. The van der Waals surface area contributed by atoms with Crippen LogP contribution >= 0.6 is 38.6 Å². The highest BCUT2D eigenvalue weighted by Gasteiger charge is 2.16. The van der Waals surface area contributed by atoms with Crippen LogP contribution in [0.15, 0.2) is 56.9 Å². The second-order valence-electron chi connectivity index (χ2n) is 4.71. The Morgan fingerprint density at radius 1 is 1.17 bits per heavy atom. The summed E-state index contributed by atoms with van der Waals surface area (Å²) in [5.74, 6) is -0.0129. The van der Waals surface area contributed by atoms with Crippen molar-refractivity contribution < 1.29 is 9.21 Å². The van der Waals surface area contributed by atoms with Crippen LogP contribution in [0.1, 0.15) is 10.6 Å². The second-order valence-corrected chi connectivity index (χ2v) is 7.44. The Labute approximate surface area is 147 Å². The predicted molar refractivity (Wildman–Crippen MR) is 97.3 cm³/mol. The Morgan fingerprint density at radius 3 is 2.83 bits per heavy atom. The number of furan rings is 1. The quantitative estimate of drug-likeness (QED) is 0.481. The Morgan fingerprint density at radius 2 is 2.04 bits per heavy atom. The van der Waals surface area contributed by atoms with Gasteiger partial charge in [-0.25, -0.2) is 4.98 Å². The van der Waals surface area contributed by atoms with Crippen molar-refractivity contribution in [3.05, 3.63) is 58.3 Å². The third-order valence-electron chi connectivity index (χ3n) is 3.21. The van der Waals surface area contributed by atoms with Crippen molar-refractivity contribution in [2.75, 3.05) is 5.32 Å². The normalized spacial score (nSPS) is 11.0. The summed E-state index contributed by atoms with van der Waals surface area (Å²) in [5.41, 5.74) is 1.89. The SMILES string of the molecule is O=C(Nc1sccc1-c1nc2ccccc2s1)c1ccc(Br)o1. The molecule has 4 aromatic rings. The van der Waals surface area contributed by atoms with Crippen LogP contribution in [-0.2, 0) is 0 Å². The number of benzene rings is 1. The van der Waals surface area contributed by atoms with Gasteiger partial charge in [0.2, 0.25) is 0 Å². The molecule has 3 aromatic heterocycles. The summed E-state index contributed by atoms with van der Waals surface area (Å²) < 4.78 is 6.94. The maximum Gasteiger partial charge on any atom is 0.292 e. The number of hydrogen-bond donors (Lipinski definition) is 1. The smallest absolute Gasteiger partial charge is 0.292 e. The van der Waals surface area contributed by atoms with Gasteiger partial charge in [-0.15, -0.1) is 22.7 Å². The molecule has 0 aliphatic heterocycles. The molecular formula is C16H9BrN2O2S2. The van der Waals surface area contributed by atoms with E-state index in [9.17, 15) is 4.79 Å². The lowest BCUT2D eigenvalue weighted by molar-refractivity contribution is 0.0996. The highest BCUT2D eigenvalue weighted by molar-refractivity contribution is 9.10. The molecule has 0 saturated heterocycles. The Kier molecular flexibility index (Phi) is 3.76. The Balaban J connectivity index is 1.66. The van der Waals surface area contributed by atoms with Gasteiger partial charge in [-0.2, -0.15) is 0 Å². The average molecular weight is 405 g/mol. The van der Waals surface area contributed by atoms with Crippen LogP contribution in [-0.4, -0.2) is 10.9 Å². The van der Waals surface area contributed by atoms with Crippen LogP contribution in [0.2, 0.25) is 0 Å². The lowest BCUT2D eigenvalue weighted by Crippen LogP contribution is -2.10. The van der Waals surface area contributed by atoms with Gasteiger partial charge < -0.3 is 9.73 Å². The van der Waals surface area contributed by atoms with Gasteiger partial charge in [-0.1, -0.05) is 12.1 Å². The number of carbonyl (C=O) groups is 1. The van der Waals surface area contributed by atoms with E-state index in [1.54, 1.807) is 23.5 Å². The molecule has 0 unspecified atom stereocenters. The van der Waals surface area contributed by atoms with Crippen molar-refractivity contribution >= 4 is 59.7 Å². The first-order valence-electron chi connectivity index (χ1n) is 6.71. The molecule has 1 amide bonds. The monoisotopic (exact) mass is 404 g/mol. The number of nitrogens with one attached hydrogen (secondary N) is 1. The van der Waals surface area contributed by atoms with Gasteiger partial charge >= 0.3 is 0 Å². The maximum absolute atomic E-state index is 12.2. The zero-order chi connectivity index (χ0) is 15.8. The van der Waals surface area contributed by atoms with E-state index < -0.39 is 0 Å². The number of carbonyl (C=O) groups excluding carboxylic acids is 1. The number of thiophene rings is 1. The van der Waals surface area contributed by atoms with Gasteiger partial charge in [0, 0.05) is 5.56 Å². The minimum Gasteiger partial charge on any atom is -0.444 e. The molecule has 114 valence electrons. The fraction of sp³-hybridized carbons (Fsp3) is 0. The molecular weight excluding hydrogens is 396 g/mol. The summed E-state index contributed by atoms with van der Waals surface area (Å²) in [6.07, 6.45) is 0. The van der Waals surface area contributed by atoms with Crippen LogP contribution < -0.4 is 5.32 Å². The highest BCUT2D eigenvalue weighted by Crippen LogP contribution is 2.37. The number of fused-ring (bicyclic) bond motifs is 1. The lowest BCUT2D eigenvalue weighted by atomic mass is 10.3. The topological polar surface area (TPSA) is 55.1 Å². The third kappa shape index (κ3) is 2.83. The molecule has 0 saturated carbocycles. The number of para-hydroxylation sites is 1. The van der Waals surface area contributed by atoms with Crippen molar-refractivity contribution in [1.29, 1.82) is 0 Å². The summed E-state index contributed by atoms with van der Waals surface area (Å²) >= 11 is 6.27. The van der Waals surface area contributed by atoms with Gasteiger partial charge in [0.15, 0.2) is 10.4 Å². The molecule has 4 rings (SSSR count). The molecule has 0 fully saturated rings. The van der Waals surface area contributed by atoms with Crippen molar-refractivity contribution in [2.45, 2.75) is 0 Å². The molecule has 1 N–H and O–H groups in total. The van der Waals surface area contributed by atoms with E-state index in [0.29, 0.717) is 4.67 Å². The van der Waals surface area contributed by atoms with Gasteiger partial charge in [0.25, 0.3) is 5.91 Å². The highest BCUT2D eigenvalue weighted by atomic mass is 79.9. The first-order chi connectivity index (χ1) is 11.2. The minimum absolute atomic E-state index is 0.264. The summed E-state index contributed by atoms with van der Waals surface area (Å²) in [5, 5.41) is 6.49. The number of aromatic nitrogens is 1. The molecule has 1 aromatic carbocycles. The van der Waals surface area contributed by atoms with Crippen molar-refractivity contribution in [3.63, 3.8) is 0 Å². The molecule has 0 bridgehead atoms. The second kappa shape index (κ2) is 5.92.